The first-order valence-electron chi connectivity index (χ1n) is 6.73. The summed E-state index contributed by atoms with van der Waals surface area (Å²) in [5, 5.41) is 5.99. The maximum Gasteiger partial charge on any atom is 0.233 e. The normalized spacial score (nSPS) is 23.6. The first-order chi connectivity index (χ1) is 8.65. The third kappa shape index (κ3) is 5.33. The highest BCUT2D eigenvalue weighted by Gasteiger charge is 2.30. The van der Waals surface area contributed by atoms with Crippen molar-refractivity contribution in [3.63, 3.8) is 0 Å². The van der Waals surface area contributed by atoms with E-state index in [2.05, 4.69) is 24.5 Å². The standard InChI is InChI=1S/C13H26N2O3/c1-10(2)13-11(4-6-18-13)8-15-12(16)9-14-5-7-17-3/h10-11,13-14H,4-9H2,1-3H3,(H,15,16). The highest BCUT2D eigenvalue weighted by Crippen LogP contribution is 2.25. The van der Waals surface area contributed by atoms with Crippen LogP contribution in [0.5, 0.6) is 0 Å². The lowest BCUT2D eigenvalue weighted by molar-refractivity contribution is -0.120. The quantitative estimate of drug-likeness (QED) is 0.619. The highest BCUT2D eigenvalue weighted by molar-refractivity contribution is 5.77. The van der Waals surface area contributed by atoms with Crippen molar-refractivity contribution in [2.75, 3.05) is 40.0 Å². The summed E-state index contributed by atoms with van der Waals surface area (Å²) >= 11 is 0. The van der Waals surface area contributed by atoms with Gasteiger partial charge < -0.3 is 20.1 Å². The van der Waals surface area contributed by atoms with Crippen LogP contribution in [0.1, 0.15) is 20.3 Å². The predicted molar refractivity (Wildman–Crippen MR) is 70.4 cm³/mol. The van der Waals surface area contributed by atoms with Crippen molar-refractivity contribution in [1.82, 2.24) is 10.6 Å². The average Bonchev–Trinajstić information content (AvgIpc) is 2.80. The van der Waals surface area contributed by atoms with E-state index >= 15 is 0 Å². The lowest BCUT2D eigenvalue weighted by Gasteiger charge is -2.22. The van der Waals surface area contributed by atoms with Crippen molar-refractivity contribution >= 4 is 5.91 Å². The summed E-state index contributed by atoms with van der Waals surface area (Å²) in [6.45, 7) is 7.53. The van der Waals surface area contributed by atoms with Crippen LogP contribution in [-0.2, 0) is 14.3 Å². The second kappa shape index (κ2) is 8.45. The zero-order chi connectivity index (χ0) is 13.4. The van der Waals surface area contributed by atoms with Gasteiger partial charge in [-0.25, -0.2) is 0 Å². The number of hydrogen-bond acceptors (Lipinski definition) is 4. The Morgan fingerprint density at radius 1 is 1.50 bits per heavy atom. The van der Waals surface area contributed by atoms with Crippen LogP contribution in [0.15, 0.2) is 0 Å². The summed E-state index contributed by atoms with van der Waals surface area (Å²) in [6, 6.07) is 0. The van der Waals surface area contributed by atoms with Gasteiger partial charge in [0.05, 0.1) is 19.3 Å². The molecule has 0 aliphatic carbocycles. The summed E-state index contributed by atoms with van der Waals surface area (Å²) in [5.41, 5.74) is 0. The van der Waals surface area contributed by atoms with Gasteiger partial charge in [-0.3, -0.25) is 4.79 Å². The van der Waals surface area contributed by atoms with Crippen LogP contribution in [0.25, 0.3) is 0 Å². The fraction of sp³-hybridized carbons (Fsp3) is 0.923. The second-order valence-electron chi connectivity index (χ2n) is 5.10. The van der Waals surface area contributed by atoms with E-state index in [1.165, 1.54) is 0 Å². The number of methoxy groups -OCH3 is 1. The Kier molecular flexibility index (Phi) is 7.23. The Balaban J connectivity index is 2.13. The number of nitrogens with one attached hydrogen (secondary N) is 2. The number of carbonyl (C=O) groups is 1. The molecular formula is C13H26N2O3. The first-order valence-corrected chi connectivity index (χ1v) is 6.73. The molecule has 0 aromatic rings. The van der Waals surface area contributed by atoms with Crippen LogP contribution >= 0.6 is 0 Å². The van der Waals surface area contributed by atoms with Gasteiger partial charge in [0.2, 0.25) is 5.91 Å². The maximum absolute atomic E-state index is 11.6. The van der Waals surface area contributed by atoms with Gasteiger partial charge in [-0.2, -0.15) is 0 Å². The smallest absolute Gasteiger partial charge is 0.233 e. The number of amides is 1. The van der Waals surface area contributed by atoms with Gasteiger partial charge in [0, 0.05) is 32.7 Å². The van der Waals surface area contributed by atoms with E-state index in [0.717, 1.165) is 13.0 Å². The van der Waals surface area contributed by atoms with Gasteiger partial charge in [-0.1, -0.05) is 13.8 Å². The van der Waals surface area contributed by atoms with Crippen molar-refractivity contribution in [2.45, 2.75) is 26.4 Å². The van der Waals surface area contributed by atoms with E-state index < -0.39 is 0 Å². The van der Waals surface area contributed by atoms with Crippen LogP contribution in [0.4, 0.5) is 0 Å². The molecule has 1 heterocycles. The molecule has 0 bridgehead atoms. The van der Waals surface area contributed by atoms with Crippen LogP contribution < -0.4 is 10.6 Å². The monoisotopic (exact) mass is 258 g/mol. The Morgan fingerprint density at radius 2 is 2.28 bits per heavy atom. The van der Waals surface area contributed by atoms with E-state index in [4.69, 9.17) is 9.47 Å². The number of hydrogen-bond donors (Lipinski definition) is 2. The molecule has 1 aliphatic rings. The fourth-order valence-corrected chi connectivity index (χ4v) is 2.29. The molecule has 1 rings (SSSR count). The number of carbonyl (C=O) groups excluding carboxylic acids is 1. The fourth-order valence-electron chi connectivity index (χ4n) is 2.29. The van der Waals surface area contributed by atoms with Gasteiger partial charge in [0.25, 0.3) is 0 Å². The molecule has 1 amide bonds. The van der Waals surface area contributed by atoms with Crippen LogP contribution in [0.3, 0.4) is 0 Å². The summed E-state index contributed by atoms with van der Waals surface area (Å²) in [7, 11) is 1.65. The summed E-state index contributed by atoms with van der Waals surface area (Å²) < 4.78 is 10.6. The van der Waals surface area contributed by atoms with Gasteiger partial charge in [-0.05, 0) is 12.3 Å². The Hall–Kier alpha value is -0.650. The molecule has 0 aromatic carbocycles. The molecule has 0 radical (unpaired) electrons. The molecule has 1 saturated heterocycles. The van der Waals surface area contributed by atoms with Gasteiger partial charge >= 0.3 is 0 Å². The SMILES string of the molecule is COCCNCC(=O)NCC1CCOC1C(C)C. The molecule has 18 heavy (non-hydrogen) atoms. The zero-order valence-electron chi connectivity index (χ0n) is 11.7. The highest BCUT2D eigenvalue weighted by atomic mass is 16.5. The van der Waals surface area contributed by atoms with Crippen molar-refractivity contribution in [2.24, 2.45) is 11.8 Å². The molecule has 0 spiro atoms. The molecule has 2 unspecified atom stereocenters. The molecule has 2 atom stereocenters. The number of ether oxygens (including phenoxy) is 2. The largest absolute Gasteiger partial charge is 0.383 e. The Bertz CT molecular complexity index is 246. The minimum atomic E-state index is 0.0421. The third-order valence-corrected chi connectivity index (χ3v) is 3.25. The van der Waals surface area contributed by atoms with Crippen molar-refractivity contribution in [3.05, 3.63) is 0 Å². The van der Waals surface area contributed by atoms with E-state index in [1.54, 1.807) is 7.11 Å². The van der Waals surface area contributed by atoms with E-state index in [-0.39, 0.29) is 12.0 Å². The third-order valence-electron chi connectivity index (χ3n) is 3.25. The summed E-state index contributed by atoms with van der Waals surface area (Å²) in [6.07, 6.45) is 1.33. The molecule has 5 heteroatoms. The average molecular weight is 258 g/mol. The molecule has 0 aromatic heterocycles. The van der Waals surface area contributed by atoms with E-state index in [0.29, 0.717) is 38.1 Å². The second-order valence-corrected chi connectivity index (χ2v) is 5.10. The Morgan fingerprint density at radius 3 is 2.94 bits per heavy atom. The Labute approximate surface area is 110 Å². The van der Waals surface area contributed by atoms with E-state index in [9.17, 15) is 4.79 Å². The van der Waals surface area contributed by atoms with Crippen LogP contribution in [0.2, 0.25) is 0 Å². The molecule has 1 fully saturated rings. The topological polar surface area (TPSA) is 59.6 Å². The first kappa shape index (κ1) is 15.4. The zero-order valence-corrected chi connectivity index (χ0v) is 11.7. The van der Waals surface area contributed by atoms with Crippen molar-refractivity contribution in [1.29, 1.82) is 0 Å². The molecular weight excluding hydrogens is 232 g/mol. The minimum Gasteiger partial charge on any atom is -0.383 e. The molecule has 1 aliphatic heterocycles. The van der Waals surface area contributed by atoms with Crippen molar-refractivity contribution in [3.8, 4) is 0 Å². The predicted octanol–water partition coefficient (Wildman–Crippen LogP) is 0.400. The lowest BCUT2D eigenvalue weighted by Crippen LogP contribution is -2.39. The van der Waals surface area contributed by atoms with E-state index in [1.807, 2.05) is 0 Å². The molecule has 0 saturated carbocycles. The van der Waals surface area contributed by atoms with Crippen LogP contribution in [-0.4, -0.2) is 52.0 Å². The van der Waals surface area contributed by atoms with Crippen molar-refractivity contribution < 1.29 is 14.3 Å². The summed E-state index contributed by atoms with van der Waals surface area (Å²) in [4.78, 5) is 11.6. The molecule has 106 valence electrons. The van der Waals surface area contributed by atoms with Gasteiger partial charge in [-0.15, -0.1) is 0 Å². The van der Waals surface area contributed by atoms with Gasteiger partial charge in [0.1, 0.15) is 0 Å². The molecule has 5 nitrogen and oxygen atoms in total. The minimum absolute atomic E-state index is 0.0421. The van der Waals surface area contributed by atoms with Crippen LogP contribution in [0, 0.1) is 11.8 Å². The lowest BCUT2D eigenvalue weighted by atomic mass is 9.93. The van der Waals surface area contributed by atoms with Gasteiger partial charge in [0.15, 0.2) is 0 Å². The maximum atomic E-state index is 11.6. The summed E-state index contributed by atoms with van der Waals surface area (Å²) in [5.74, 6) is 1.00. The number of rotatable bonds is 8. The molecule has 2 N–H and O–H groups in total.